The van der Waals surface area contributed by atoms with Gasteiger partial charge in [-0.05, 0) is 86.3 Å². The lowest BCUT2D eigenvalue weighted by Gasteiger charge is -2.41. The molecule has 5 nitrogen and oxygen atoms in total. The summed E-state index contributed by atoms with van der Waals surface area (Å²) in [5.74, 6) is 1.01. The van der Waals surface area contributed by atoms with E-state index in [0.717, 1.165) is 43.9 Å². The van der Waals surface area contributed by atoms with E-state index in [-0.39, 0.29) is 5.97 Å². The highest BCUT2D eigenvalue weighted by Gasteiger charge is 2.29. The number of carbonyl (C=O) groups is 1. The summed E-state index contributed by atoms with van der Waals surface area (Å²) in [4.78, 5) is 18.8. The van der Waals surface area contributed by atoms with Crippen LogP contribution in [0.5, 0.6) is 5.75 Å². The first-order chi connectivity index (χ1) is 16.2. The Labute approximate surface area is 196 Å². The van der Waals surface area contributed by atoms with Crippen molar-refractivity contribution >= 4 is 11.5 Å². The number of ether oxygens (including phenoxy) is 2. The molecule has 0 bridgehead atoms. The fourth-order valence-corrected chi connectivity index (χ4v) is 5.10. The largest absolute Gasteiger partial charge is 0.490 e. The average molecular weight is 447 g/mol. The lowest BCUT2D eigenvalue weighted by Crippen LogP contribution is -2.46. The Morgan fingerprint density at radius 3 is 2.45 bits per heavy atom. The van der Waals surface area contributed by atoms with E-state index in [1.54, 1.807) is 24.4 Å². The number of carbonyl (C=O) groups excluding carboxylic acids is 1. The zero-order valence-electron chi connectivity index (χ0n) is 19.3. The van der Waals surface area contributed by atoms with Gasteiger partial charge in [-0.25, -0.2) is 9.78 Å². The SMILES string of the molecule is O=C(OCC1CC=C(c2ccc(OC3CCN(C4CCC4)CC3)cc2)CC1)c1ccccn1. The fourth-order valence-electron chi connectivity index (χ4n) is 5.10. The number of allylic oxidation sites excluding steroid dienone is 2. The number of likely N-dealkylation sites (tertiary alicyclic amines) is 1. The molecule has 2 aliphatic carbocycles. The quantitative estimate of drug-likeness (QED) is 0.524. The summed E-state index contributed by atoms with van der Waals surface area (Å²) in [5, 5.41) is 0. The number of pyridine rings is 1. The van der Waals surface area contributed by atoms with Gasteiger partial charge in [0.1, 0.15) is 17.5 Å². The van der Waals surface area contributed by atoms with Gasteiger partial charge in [0.15, 0.2) is 0 Å². The predicted molar refractivity (Wildman–Crippen MR) is 129 cm³/mol. The Kier molecular flexibility index (Phi) is 7.06. The van der Waals surface area contributed by atoms with Crippen LogP contribution in [0.1, 0.15) is 67.4 Å². The number of benzene rings is 1. The number of esters is 1. The molecule has 2 aromatic rings. The molecule has 5 rings (SSSR count). The Bertz CT molecular complexity index is 945. The Hall–Kier alpha value is -2.66. The van der Waals surface area contributed by atoms with Crippen LogP contribution in [0.2, 0.25) is 0 Å². The van der Waals surface area contributed by atoms with Crippen LogP contribution in [-0.2, 0) is 4.74 Å². The smallest absolute Gasteiger partial charge is 0.356 e. The molecule has 1 unspecified atom stereocenters. The molecule has 5 heteroatoms. The van der Waals surface area contributed by atoms with Crippen LogP contribution in [0.3, 0.4) is 0 Å². The summed E-state index contributed by atoms with van der Waals surface area (Å²) in [6, 6.07) is 14.7. The lowest BCUT2D eigenvalue weighted by molar-refractivity contribution is 0.0426. The monoisotopic (exact) mass is 446 g/mol. The third kappa shape index (κ3) is 5.64. The summed E-state index contributed by atoms with van der Waals surface area (Å²) in [7, 11) is 0. The second-order valence-electron chi connectivity index (χ2n) is 9.65. The van der Waals surface area contributed by atoms with Crippen LogP contribution in [0.4, 0.5) is 0 Å². The molecule has 0 radical (unpaired) electrons. The number of piperidine rings is 1. The normalized spacial score (nSPS) is 22.3. The van der Waals surface area contributed by atoms with Crippen molar-refractivity contribution in [2.45, 2.75) is 63.5 Å². The van der Waals surface area contributed by atoms with Gasteiger partial charge in [-0.15, -0.1) is 0 Å². The number of nitrogens with zero attached hydrogens (tertiary/aromatic N) is 2. The van der Waals surface area contributed by atoms with E-state index in [2.05, 4.69) is 40.2 Å². The summed E-state index contributed by atoms with van der Waals surface area (Å²) in [5.41, 5.74) is 3.02. The van der Waals surface area contributed by atoms with Gasteiger partial charge >= 0.3 is 5.97 Å². The van der Waals surface area contributed by atoms with Gasteiger partial charge in [-0.1, -0.05) is 30.7 Å². The summed E-state index contributed by atoms with van der Waals surface area (Å²) in [6.07, 6.45) is 13.7. The van der Waals surface area contributed by atoms with E-state index >= 15 is 0 Å². The van der Waals surface area contributed by atoms with Crippen molar-refractivity contribution in [1.82, 2.24) is 9.88 Å². The van der Waals surface area contributed by atoms with Crippen LogP contribution < -0.4 is 4.74 Å². The maximum absolute atomic E-state index is 12.1. The van der Waals surface area contributed by atoms with Crippen LogP contribution in [0.15, 0.2) is 54.7 Å². The van der Waals surface area contributed by atoms with Crippen molar-refractivity contribution in [3.8, 4) is 5.75 Å². The summed E-state index contributed by atoms with van der Waals surface area (Å²) < 4.78 is 11.8. The predicted octanol–water partition coefficient (Wildman–Crippen LogP) is 5.52. The van der Waals surface area contributed by atoms with Gasteiger partial charge in [0.05, 0.1) is 6.61 Å². The Balaban J connectivity index is 1.07. The minimum atomic E-state index is -0.338. The van der Waals surface area contributed by atoms with Crippen LogP contribution in [-0.4, -0.2) is 47.7 Å². The van der Waals surface area contributed by atoms with Gasteiger partial charge in [-0.2, -0.15) is 0 Å². The third-order valence-corrected chi connectivity index (χ3v) is 7.44. The number of rotatable bonds is 7. The zero-order chi connectivity index (χ0) is 22.5. The highest BCUT2D eigenvalue weighted by atomic mass is 16.5. The first kappa shape index (κ1) is 22.1. The number of aromatic nitrogens is 1. The van der Waals surface area contributed by atoms with Crippen LogP contribution in [0, 0.1) is 5.92 Å². The molecule has 3 aliphatic rings. The maximum atomic E-state index is 12.1. The lowest BCUT2D eigenvalue weighted by atomic mass is 9.87. The van der Waals surface area contributed by atoms with Crippen molar-refractivity contribution in [3.05, 3.63) is 66.0 Å². The molecular weight excluding hydrogens is 412 g/mol. The molecule has 1 atom stereocenters. The van der Waals surface area contributed by atoms with E-state index in [9.17, 15) is 4.79 Å². The molecule has 2 fully saturated rings. The number of hydrogen-bond donors (Lipinski definition) is 0. The highest BCUT2D eigenvalue weighted by molar-refractivity contribution is 5.87. The van der Waals surface area contributed by atoms with Crippen LogP contribution >= 0.6 is 0 Å². The van der Waals surface area contributed by atoms with E-state index in [4.69, 9.17) is 9.47 Å². The minimum Gasteiger partial charge on any atom is -0.490 e. The highest BCUT2D eigenvalue weighted by Crippen LogP contribution is 2.32. The molecule has 0 spiro atoms. The fraction of sp³-hybridized carbons (Fsp3) is 0.500. The molecule has 1 aliphatic heterocycles. The molecule has 1 saturated carbocycles. The topological polar surface area (TPSA) is 51.7 Å². The van der Waals surface area contributed by atoms with E-state index in [1.165, 1.54) is 43.5 Å². The second kappa shape index (κ2) is 10.5. The van der Waals surface area contributed by atoms with Gasteiger partial charge in [0.25, 0.3) is 0 Å². The Morgan fingerprint density at radius 1 is 1.00 bits per heavy atom. The standard InChI is InChI=1S/C28H34N2O3/c31-28(27-6-1-2-17-29-27)32-20-21-7-9-22(10-8-21)23-11-13-25(14-12-23)33-26-15-18-30(19-16-26)24-4-3-5-24/h1-2,6,9,11-14,17,21,24,26H,3-5,7-8,10,15-16,18-20H2. The second-order valence-corrected chi connectivity index (χ2v) is 9.65. The Morgan fingerprint density at radius 2 is 1.82 bits per heavy atom. The molecule has 1 aromatic heterocycles. The average Bonchev–Trinajstić information content (AvgIpc) is 2.84. The maximum Gasteiger partial charge on any atom is 0.356 e. The van der Waals surface area contributed by atoms with Crippen LogP contribution in [0.25, 0.3) is 5.57 Å². The van der Waals surface area contributed by atoms with Gasteiger partial charge in [0, 0.05) is 25.3 Å². The molecule has 0 amide bonds. The molecule has 33 heavy (non-hydrogen) atoms. The minimum absolute atomic E-state index is 0.338. The number of hydrogen-bond acceptors (Lipinski definition) is 5. The van der Waals surface area contributed by atoms with E-state index < -0.39 is 0 Å². The first-order valence-corrected chi connectivity index (χ1v) is 12.5. The first-order valence-electron chi connectivity index (χ1n) is 12.5. The molecule has 0 N–H and O–H groups in total. The summed E-state index contributed by atoms with van der Waals surface area (Å²) >= 11 is 0. The van der Waals surface area contributed by atoms with Gasteiger partial charge < -0.3 is 14.4 Å². The van der Waals surface area contributed by atoms with E-state index in [0.29, 0.717) is 24.3 Å². The molecule has 1 aromatic carbocycles. The van der Waals surface area contributed by atoms with Crippen molar-refractivity contribution in [2.24, 2.45) is 5.92 Å². The van der Waals surface area contributed by atoms with Crippen molar-refractivity contribution in [3.63, 3.8) is 0 Å². The summed E-state index contributed by atoms with van der Waals surface area (Å²) in [6.45, 7) is 2.81. The molecular formula is C28H34N2O3. The van der Waals surface area contributed by atoms with Gasteiger partial charge in [-0.3, -0.25) is 0 Å². The molecule has 174 valence electrons. The van der Waals surface area contributed by atoms with E-state index in [1.807, 2.05) is 0 Å². The van der Waals surface area contributed by atoms with Gasteiger partial charge in [0.2, 0.25) is 0 Å². The third-order valence-electron chi connectivity index (χ3n) is 7.44. The van der Waals surface area contributed by atoms with Crippen molar-refractivity contribution in [1.29, 1.82) is 0 Å². The van der Waals surface area contributed by atoms with Crippen molar-refractivity contribution in [2.75, 3.05) is 19.7 Å². The van der Waals surface area contributed by atoms with Crippen molar-refractivity contribution < 1.29 is 14.3 Å². The zero-order valence-corrected chi connectivity index (χ0v) is 19.3. The molecule has 2 heterocycles. The molecule has 1 saturated heterocycles.